The number of aromatic amines is 1. The monoisotopic (exact) mass is 374 g/mol. The molecule has 0 saturated heterocycles. The third-order valence-corrected chi connectivity index (χ3v) is 4.57. The zero-order valence-electron chi connectivity index (χ0n) is 15.9. The standard InChI is InChI=1S/C19H26N4O4/c1-11(2)6-19(25)26-14-5-4-13(8-14)16-10-17(22-21-16)20-18(24)9-15-7-12(3)23-27-15/h7,10-11,13-14H,4-6,8-9H2,1-3H3,(H2,20,21,22,24)/t13-,14+/m1/s1. The van der Waals surface area contributed by atoms with Crippen molar-refractivity contribution in [1.82, 2.24) is 15.4 Å². The molecule has 0 bridgehead atoms. The van der Waals surface area contributed by atoms with E-state index < -0.39 is 0 Å². The molecule has 1 amide bonds. The van der Waals surface area contributed by atoms with Gasteiger partial charge < -0.3 is 14.6 Å². The van der Waals surface area contributed by atoms with Crippen molar-refractivity contribution >= 4 is 17.7 Å². The molecule has 8 heteroatoms. The molecule has 2 atom stereocenters. The second-order valence-corrected chi connectivity index (χ2v) is 7.59. The molecule has 2 aromatic heterocycles. The summed E-state index contributed by atoms with van der Waals surface area (Å²) < 4.78 is 10.6. The van der Waals surface area contributed by atoms with Crippen LogP contribution in [0.5, 0.6) is 0 Å². The van der Waals surface area contributed by atoms with Gasteiger partial charge in [0, 0.05) is 30.2 Å². The van der Waals surface area contributed by atoms with E-state index in [0.717, 1.165) is 30.7 Å². The van der Waals surface area contributed by atoms with Crippen LogP contribution in [0.25, 0.3) is 0 Å². The fourth-order valence-electron chi connectivity index (χ4n) is 3.35. The molecule has 1 saturated carbocycles. The zero-order chi connectivity index (χ0) is 19.4. The first kappa shape index (κ1) is 19.1. The van der Waals surface area contributed by atoms with E-state index in [9.17, 15) is 9.59 Å². The number of H-pyrrole nitrogens is 1. The first-order chi connectivity index (χ1) is 12.9. The van der Waals surface area contributed by atoms with E-state index in [1.54, 1.807) is 13.0 Å². The molecule has 2 aromatic rings. The average molecular weight is 374 g/mol. The Morgan fingerprint density at radius 1 is 1.37 bits per heavy atom. The van der Waals surface area contributed by atoms with Gasteiger partial charge in [0.1, 0.15) is 11.9 Å². The molecule has 1 fully saturated rings. The summed E-state index contributed by atoms with van der Waals surface area (Å²) in [5.41, 5.74) is 1.69. The van der Waals surface area contributed by atoms with E-state index >= 15 is 0 Å². The molecule has 27 heavy (non-hydrogen) atoms. The lowest BCUT2D eigenvalue weighted by Gasteiger charge is -2.13. The van der Waals surface area contributed by atoms with E-state index in [-0.39, 0.29) is 30.3 Å². The van der Waals surface area contributed by atoms with E-state index in [0.29, 0.717) is 23.9 Å². The number of carbonyl (C=O) groups is 2. The summed E-state index contributed by atoms with van der Waals surface area (Å²) in [6, 6.07) is 3.57. The summed E-state index contributed by atoms with van der Waals surface area (Å²) in [4.78, 5) is 23.9. The number of hydrogen-bond acceptors (Lipinski definition) is 6. The maximum atomic E-state index is 12.1. The fraction of sp³-hybridized carbons (Fsp3) is 0.579. The van der Waals surface area contributed by atoms with Crippen molar-refractivity contribution in [3.05, 3.63) is 29.3 Å². The molecule has 8 nitrogen and oxygen atoms in total. The third-order valence-electron chi connectivity index (χ3n) is 4.57. The minimum absolute atomic E-state index is 0.0442. The van der Waals surface area contributed by atoms with Crippen LogP contribution in [-0.4, -0.2) is 33.3 Å². The summed E-state index contributed by atoms with van der Waals surface area (Å²) in [7, 11) is 0. The Balaban J connectivity index is 1.49. The van der Waals surface area contributed by atoms with E-state index in [1.165, 1.54) is 0 Å². The number of nitrogens with zero attached hydrogens (tertiary/aromatic N) is 2. The molecular weight excluding hydrogens is 348 g/mol. The fourth-order valence-corrected chi connectivity index (χ4v) is 3.35. The number of anilines is 1. The maximum absolute atomic E-state index is 12.1. The predicted molar refractivity (Wildman–Crippen MR) is 98.1 cm³/mol. The summed E-state index contributed by atoms with van der Waals surface area (Å²) >= 11 is 0. The molecule has 0 aliphatic heterocycles. The van der Waals surface area contributed by atoms with Gasteiger partial charge in [0.25, 0.3) is 0 Å². The Morgan fingerprint density at radius 2 is 2.19 bits per heavy atom. The molecule has 0 radical (unpaired) electrons. The highest BCUT2D eigenvalue weighted by molar-refractivity contribution is 5.91. The molecule has 146 valence electrons. The van der Waals surface area contributed by atoms with Gasteiger partial charge in [-0.25, -0.2) is 0 Å². The summed E-state index contributed by atoms with van der Waals surface area (Å²) in [5.74, 6) is 1.20. The number of hydrogen-bond donors (Lipinski definition) is 2. The Kier molecular flexibility index (Phi) is 5.93. The van der Waals surface area contributed by atoms with Gasteiger partial charge in [-0.15, -0.1) is 0 Å². The van der Waals surface area contributed by atoms with Crippen LogP contribution in [0, 0.1) is 12.8 Å². The number of rotatable bonds is 7. The van der Waals surface area contributed by atoms with Crippen molar-refractivity contribution in [1.29, 1.82) is 0 Å². The highest BCUT2D eigenvalue weighted by Gasteiger charge is 2.30. The minimum Gasteiger partial charge on any atom is -0.462 e. The van der Waals surface area contributed by atoms with Crippen LogP contribution in [0.1, 0.15) is 62.6 Å². The molecule has 0 aromatic carbocycles. The van der Waals surface area contributed by atoms with Gasteiger partial charge >= 0.3 is 5.97 Å². The van der Waals surface area contributed by atoms with Crippen molar-refractivity contribution in [2.75, 3.05) is 5.32 Å². The lowest BCUT2D eigenvalue weighted by atomic mass is 10.0. The number of nitrogens with one attached hydrogen (secondary N) is 2. The van der Waals surface area contributed by atoms with Crippen molar-refractivity contribution in [3.8, 4) is 0 Å². The summed E-state index contributed by atoms with van der Waals surface area (Å²) in [6.07, 6.45) is 3.06. The Labute approximate surface area is 158 Å². The van der Waals surface area contributed by atoms with Gasteiger partial charge in [-0.3, -0.25) is 14.7 Å². The van der Waals surface area contributed by atoms with Crippen LogP contribution in [0.15, 0.2) is 16.7 Å². The van der Waals surface area contributed by atoms with E-state index in [1.807, 2.05) is 19.9 Å². The lowest BCUT2D eigenvalue weighted by Crippen LogP contribution is -2.16. The van der Waals surface area contributed by atoms with Crippen molar-refractivity contribution < 1.29 is 18.8 Å². The lowest BCUT2D eigenvalue weighted by molar-refractivity contribution is -0.149. The van der Waals surface area contributed by atoms with Gasteiger partial charge in [-0.05, 0) is 32.1 Å². The maximum Gasteiger partial charge on any atom is 0.306 e. The van der Waals surface area contributed by atoms with Gasteiger partial charge in [-0.2, -0.15) is 5.10 Å². The van der Waals surface area contributed by atoms with Crippen molar-refractivity contribution in [3.63, 3.8) is 0 Å². The highest BCUT2D eigenvalue weighted by atomic mass is 16.5. The smallest absolute Gasteiger partial charge is 0.306 e. The van der Waals surface area contributed by atoms with Crippen LogP contribution >= 0.6 is 0 Å². The molecule has 0 unspecified atom stereocenters. The quantitative estimate of drug-likeness (QED) is 0.721. The van der Waals surface area contributed by atoms with Gasteiger partial charge in [0.2, 0.25) is 5.91 Å². The third kappa shape index (κ3) is 5.42. The van der Waals surface area contributed by atoms with Gasteiger partial charge in [0.15, 0.2) is 5.82 Å². The van der Waals surface area contributed by atoms with Gasteiger partial charge in [0.05, 0.1) is 12.1 Å². The summed E-state index contributed by atoms with van der Waals surface area (Å²) in [6.45, 7) is 5.81. The minimum atomic E-state index is -0.212. The van der Waals surface area contributed by atoms with Crippen molar-refractivity contribution in [2.24, 2.45) is 5.92 Å². The van der Waals surface area contributed by atoms with Crippen LogP contribution in [0.4, 0.5) is 5.82 Å². The Bertz CT molecular complexity index is 795. The molecular formula is C19H26N4O4. The average Bonchev–Trinajstić information content (AvgIpc) is 3.28. The van der Waals surface area contributed by atoms with Crippen LogP contribution in [0.2, 0.25) is 0 Å². The first-order valence-electron chi connectivity index (χ1n) is 9.36. The Morgan fingerprint density at radius 3 is 2.89 bits per heavy atom. The highest BCUT2D eigenvalue weighted by Crippen LogP contribution is 2.36. The number of aromatic nitrogens is 3. The predicted octanol–water partition coefficient (Wildman–Crippen LogP) is 3.11. The molecule has 1 aliphatic rings. The van der Waals surface area contributed by atoms with Crippen LogP contribution in [0.3, 0.4) is 0 Å². The van der Waals surface area contributed by atoms with Gasteiger partial charge in [-0.1, -0.05) is 19.0 Å². The number of esters is 1. The molecule has 0 spiro atoms. The number of aryl methyl sites for hydroxylation is 1. The second-order valence-electron chi connectivity index (χ2n) is 7.59. The topological polar surface area (TPSA) is 110 Å². The molecule has 3 rings (SSSR count). The first-order valence-corrected chi connectivity index (χ1v) is 9.36. The number of ether oxygens (including phenoxy) is 1. The molecule has 1 aliphatic carbocycles. The van der Waals surface area contributed by atoms with Crippen LogP contribution < -0.4 is 5.32 Å². The Hall–Kier alpha value is -2.64. The SMILES string of the molecule is Cc1cc(CC(=O)Nc2cc([C@@H]3CC[C@H](OC(=O)CC(C)C)C3)[nH]n2)on1. The van der Waals surface area contributed by atoms with E-state index in [2.05, 4.69) is 20.7 Å². The normalized spacial score (nSPS) is 19.4. The van der Waals surface area contributed by atoms with Crippen LogP contribution in [-0.2, 0) is 20.7 Å². The number of carbonyl (C=O) groups excluding carboxylic acids is 2. The second kappa shape index (κ2) is 8.37. The number of amides is 1. The summed E-state index contributed by atoms with van der Waals surface area (Å²) in [5, 5.41) is 13.7. The van der Waals surface area contributed by atoms with E-state index in [4.69, 9.17) is 9.26 Å². The molecule has 2 heterocycles. The largest absolute Gasteiger partial charge is 0.462 e. The van der Waals surface area contributed by atoms with Crippen molar-refractivity contribution in [2.45, 2.75) is 64.9 Å². The zero-order valence-corrected chi connectivity index (χ0v) is 15.9. The molecule has 2 N–H and O–H groups in total.